The van der Waals surface area contributed by atoms with Crippen molar-refractivity contribution in [3.8, 4) is 0 Å². The van der Waals surface area contributed by atoms with Crippen LogP contribution in [0.2, 0.25) is 0 Å². The van der Waals surface area contributed by atoms with Crippen LogP contribution in [0.25, 0.3) is 16.3 Å². The lowest BCUT2D eigenvalue weighted by atomic mass is 9.72. The van der Waals surface area contributed by atoms with Gasteiger partial charge in [0.05, 0.1) is 0 Å². The van der Waals surface area contributed by atoms with E-state index in [4.69, 9.17) is 0 Å². The van der Waals surface area contributed by atoms with Gasteiger partial charge in [-0.25, -0.2) is 0 Å². The fraction of sp³-hybridized carbons (Fsp3) is 0.263. The third-order valence-corrected chi connectivity index (χ3v) is 9.54. The zero-order valence-electron chi connectivity index (χ0n) is 24.2. The van der Waals surface area contributed by atoms with E-state index in [9.17, 15) is 0 Å². The molecule has 1 heteroatoms. The van der Waals surface area contributed by atoms with Crippen LogP contribution in [0.5, 0.6) is 0 Å². The van der Waals surface area contributed by atoms with Crippen molar-refractivity contribution in [3.63, 3.8) is 0 Å². The number of rotatable bonds is 5. The monoisotopic (exact) mass is 509 g/mol. The minimum absolute atomic E-state index is 0.00600. The molecular formula is C38H39N. The molecule has 6 rings (SSSR count). The van der Waals surface area contributed by atoms with Gasteiger partial charge < -0.3 is 4.90 Å². The molecule has 4 aromatic rings. The van der Waals surface area contributed by atoms with E-state index in [0.29, 0.717) is 0 Å². The first-order valence-electron chi connectivity index (χ1n) is 14.3. The van der Waals surface area contributed by atoms with Gasteiger partial charge in [0.2, 0.25) is 0 Å². The summed E-state index contributed by atoms with van der Waals surface area (Å²) in [5, 5.41) is 2.68. The Labute approximate surface area is 234 Å². The molecule has 0 saturated carbocycles. The predicted molar refractivity (Wildman–Crippen MR) is 168 cm³/mol. The van der Waals surface area contributed by atoms with Crippen LogP contribution in [-0.2, 0) is 17.3 Å². The minimum Gasteiger partial charge on any atom is -0.347 e. The van der Waals surface area contributed by atoms with E-state index >= 15 is 0 Å². The van der Waals surface area contributed by atoms with Crippen molar-refractivity contribution >= 4 is 22.0 Å². The number of allylic oxidation sites excluding steroid dienone is 6. The molecule has 0 saturated heterocycles. The highest BCUT2D eigenvalue weighted by Gasteiger charge is 2.42. The van der Waals surface area contributed by atoms with Gasteiger partial charge in [-0.15, -0.1) is 0 Å². The Bertz CT molecular complexity index is 1670. The Morgan fingerprint density at radius 1 is 0.821 bits per heavy atom. The summed E-state index contributed by atoms with van der Waals surface area (Å²) in [6.07, 6.45) is 9.12. The number of nitrogens with zero attached hydrogens (tertiary/aromatic N) is 1. The van der Waals surface area contributed by atoms with Gasteiger partial charge in [0.1, 0.15) is 0 Å². The van der Waals surface area contributed by atoms with Gasteiger partial charge in [0.15, 0.2) is 0 Å². The Morgan fingerprint density at radius 3 is 2.33 bits per heavy atom. The zero-order chi connectivity index (χ0) is 27.4. The number of likely N-dealkylation sites (N-methyl/N-ethyl adjacent to an activating group) is 1. The van der Waals surface area contributed by atoms with E-state index in [-0.39, 0.29) is 10.8 Å². The molecule has 2 aliphatic rings. The SMILES string of the molecule is CCC1(C)/C(=C\C=C\C2=C(C)c3ccc4ccccc4c3C2(C)Cc2ccccc2)N(C)c2ccc(C)cc21. The summed E-state index contributed by atoms with van der Waals surface area (Å²) in [7, 11) is 2.22. The number of hydrogen-bond donors (Lipinski definition) is 0. The quantitative estimate of drug-likeness (QED) is 0.259. The van der Waals surface area contributed by atoms with Gasteiger partial charge in [-0.2, -0.15) is 0 Å². The van der Waals surface area contributed by atoms with E-state index in [1.165, 1.54) is 61.1 Å². The molecule has 2 unspecified atom stereocenters. The van der Waals surface area contributed by atoms with Crippen molar-refractivity contribution in [2.24, 2.45) is 0 Å². The topological polar surface area (TPSA) is 3.24 Å². The highest BCUT2D eigenvalue weighted by molar-refractivity contribution is 5.96. The third kappa shape index (κ3) is 3.90. The van der Waals surface area contributed by atoms with Gasteiger partial charge in [-0.1, -0.05) is 110 Å². The molecule has 196 valence electrons. The van der Waals surface area contributed by atoms with Crippen LogP contribution < -0.4 is 4.90 Å². The largest absolute Gasteiger partial charge is 0.347 e. The maximum atomic E-state index is 2.45. The van der Waals surface area contributed by atoms with Crippen molar-refractivity contribution in [2.75, 3.05) is 11.9 Å². The molecule has 1 heterocycles. The molecular weight excluding hydrogens is 470 g/mol. The molecule has 0 fully saturated rings. The van der Waals surface area contributed by atoms with Crippen LogP contribution in [0.15, 0.2) is 114 Å². The van der Waals surface area contributed by atoms with Crippen LogP contribution >= 0.6 is 0 Å². The Kier molecular flexibility index (Phi) is 6.14. The molecule has 1 aliphatic heterocycles. The summed E-state index contributed by atoms with van der Waals surface area (Å²) < 4.78 is 0. The van der Waals surface area contributed by atoms with Crippen molar-refractivity contribution < 1.29 is 0 Å². The maximum absolute atomic E-state index is 2.45. The summed E-state index contributed by atoms with van der Waals surface area (Å²) in [5.74, 6) is 0. The smallest absolute Gasteiger partial charge is 0.0448 e. The average Bonchev–Trinajstić information content (AvgIpc) is 3.29. The van der Waals surface area contributed by atoms with E-state index in [1.54, 1.807) is 0 Å². The van der Waals surface area contributed by atoms with E-state index < -0.39 is 0 Å². The van der Waals surface area contributed by atoms with Crippen molar-refractivity contribution in [1.29, 1.82) is 0 Å². The molecule has 39 heavy (non-hydrogen) atoms. The summed E-state index contributed by atoms with van der Waals surface area (Å²) in [5.41, 5.74) is 12.4. The van der Waals surface area contributed by atoms with Gasteiger partial charge in [0, 0.05) is 29.3 Å². The van der Waals surface area contributed by atoms with Crippen molar-refractivity contribution in [3.05, 3.63) is 142 Å². The number of aryl methyl sites for hydroxylation is 1. The summed E-state index contributed by atoms with van der Waals surface area (Å²) in [6, 6.07) is 31.4. The number of benzene rings is 4. The lowest BCUT2D eigenvalue weighted by molar-refractivity contribution is 0.550. The molecule has 1 aliphatic carbocycles. The average molecular weight is 510 g/mol. The second-order valence-corrected chi connectivity index (χ2v) is 11.9. The first-order chi connectivity index (χ1) is 18.8. The van der Waals surface area contributed by atoms with Crippen LogP contribution in [0.1, 0.15) is 61.9 Å². The Balaban J connectivity index is 1.46. The predicted octanol–water partition coefficient (Wildman–Crippen LogP) is 9.69. The van der Waals surface area contributed by atoms with Crippen LogP contribution in [0.4, 0.5) is 5.69 Å². The molecule has 0 aromatic heterocycles. The molecule has 0 radical (unpaired) electrons. The summed E-state index contributed by atoms with van der Waals surface area (Å²) in [6.45, 7) is 11.7. The molecule has 4 aromatic carbocycles. The van der Waals surface area contributed by atoms with E-state index in [0.717, 1.165) is 12.8 Å². The maximum Gasteiger partial charge on any atom is 0.0448 e. The molecule has 1 nitrogen and oxygen atoms in total. The van der Waals surface area contributed by atoms with Crippen LogP contribution in [-0.4, -0.2) is 7.05 Å². The summed E-state index contributed by atoms with van der Waals surface area (Å²) >= 11 is 0. The van der Waals surface area contributed by atoms with Gasteiger partial charge in [0.25, 0.3) is 0 Å². The standard InChI is InChI=1S/C38H39N/c1-7-37(4)33-24-26(2)20-23-34(33)39(6)35(37)19-13-18-32-27(3)30-22-21-29-16-11-12-17-31(29)36(30)38(32,5)25-28-14-9-8-10-15-28/h8-24H,7,25H2,1-6H3/b18-13+,35-19+. The highest BCUT2D eigenvalue weighted by Crippen LogP contribution is 2.52. The van der Waals surface area contributed by atoms with E-state index in [2.05, 4.69) is 150 Å². The van der Waals surface area contributed by atoms with Crippen LogP contribution in [0, 0.1) is 6.92 Å². The van der Waals surface area contributed by atoms with Crippen LogP contribution in [0.3, 0.4) is 0 Å². The third-order valence-electron chi connectivity index (χ3n) is 9.54. The Hall–Kier alpha value is -3.84. The zero-order valence-corrected chi connectivity index (χ0v) is 24.2. The summed E-state index contributed by atoms with van der Waals surface area (Å²) in [4.78, 5) is 2.39. The second kappa shape index (κ2) is 9.42. The lowest BCUT2D eigenvalue weighted by Gasteiger charge is -2.30. The molecule has 0 bridgehead atoms. The van der Waals surface area contributed by atoms with Gasteiger partial charge >= 0.3 is 0 Å². The van der Waals surface area contributed by atoms with Crippen molar-refractivity contribution in [2.45, 2.75) is 58.3 Å². The normalized spacial score (nSPS) is 23.3. The lowest BCUT2D eigenvalue weighted by Crippen LogP contribution is -2.26. The number of anilines is 1. The van der Waals surface area contributed by atoms with Gasteiger partial charge in [-0.3, -0.25) is 0 Å². The first-order valence-corrected chi connectivity index (χ1v) is 14.3. The fourth-order valence-corrected chi connectivity index (χ4v) is 7.29. The van der Waals surface area contributed by atoms with Gasteiger partial charge in [-0.05, 0) is 89.9 Å². The molecule has 0 N–H and O–H groups in total. The Morgan fingerprint density at radius 2 is 1.56 bits per heavy atom. The first kappa shape index (κ1) is 25.4. The molecule has 0 spiro atoms. The molecule has 2 atom stereocenters. The van der Waals surface area contributed by atoms with Crippen molar-refractivity contribution in [1.82, 2.24) is 0 Å². The fourth-order valence-electron chi connectivity index (χ4n) is 7.29. The minimum atomic E-state index is -0.119. The van der Waals surface area contributed by atoms with E-state index in [1.807, 2.05) is 0 Å². The molecule has 0 amide bonds. The number of fused-ring (bicyclic) bond motifs is 4. The highest BCUT2D eigenvalue weighted by atomic mass is 15.2. The second-order valence-electron chi connectivity index (χ2n) is 11.9. The number of hydrogen-bond acceptors (Lipinski definition) is 1.